The van der Waals surface area contributed by atoms with E-state index in [-0.39, 0.29) is 6.04 Å². The van der Waals surface area contributed by atoms with E-state index in [2.05, 4.69) is 10.1 Å². The van der Waals surface area contributed by atoms with Crippen LogP contribution in [0.25, 0.3) is 11.7 Å². The molecule has 26 heavy (non-hydrogen) atoms. The van der Waals surface area contributed by atoms with Crippen molar-refractivity contribution < 1.29 is 8.78 Å². The maximum atomic E-state index is 14.2. The van der Waals surface area contributed by atoms with Crippen LogP contribution in [-0.2, 0) is 0 Å². The maximum absolute atomic E-state index is 14.2. The van der Waals surface area contributed by atoms with Crippen molar-refractivity contribution >= 4 is 17.5 Å². The number of anilines is 1. The zero-order chi connectivity index (χ0) is 18.1. The summed E-state index contributed by atoms with van der Waals surface area (Å²) in [6.45, 7) is 0.706. The van der Waals surface area contributed by atoms with Crippen molar-refractivity contribution in [3.05, 3.63) is 65.5 Å². The van der Waals surface area contributed by atoms with E-state index in [1.807, 2.05) is 23.1 Å². The van der Waals surface area contributed by atoms with E-state index >= 15 is 0 Å². The Morgan fingerprint density at radius 1 is 1.23 bits per heavy atom. The second kappa shape index (κ2) is 6.56. The third-order valence-corrected chi connectivity index (χ3v) is 4.57. The molecule has 0 saturated carbocycles. The monoisotopic (exact) mass is 351 g/mol. The number of fused-ring (bicyclic) bond motifs is 1. The van der Waals surface area contributed by atoms with Crippen LogP contribution in [0.5, 0.6) is 0 Å². The number of halogens is 2. The molecule has 0 aliphatic carbocycles. The minimum absolute atomic E-state index is 0.266. The molecule has 0 N–H and O–H groups in total. The molecule has 0 radical (unpaired) electrons. The van der Waals surface area contributed by atoms with Gasteiger partial charge in [0.1, 0.15) is 17.5 Å². The lowest BCUT2D eigenvalue weighted by Crippen LogP contribution is -2.25. The molecule has 1 atom stereocenters. The highest BCUT2D eigenvalue weighted by Gasteiger charge is 2.30. The molecule has 1 aliphatic rings. The quantitative estimate of drug-likeness (QED) is 0.672. The number of hydrogen-bond donors (Lipinski definition) is 0. The van der Waals surface area contributed by atoms with Crippen LogP contribution in [0.1, 0.15) is 30.1 Å². The molecule has 130 valence electrons. The Labute approximate surface area is 148 Å². The van der Waals surface area contributed by atoms with Gasteiger partial charge in [-0.2, -0.15) is 5.26 Å². The van der Waals surface area contributed by atoms with Gasteiger partial charge in [-0.1, -0.05) is 0 Å². The van der Waals surface area contributed by atoms with Crippen LogP contribution >= 0.6 is 0 Å². The standard InChI is InChI=1S/C19H15F2N5/c20-13-5-6-16(21)15(11-13)17-4-2-10-25(17)19-8-7-18-23-12-14(3-1-9-22)26(18)24-19/h1,3,5-8,11-12,17H,2,4,10H2. The predicted molar refractivity (Wildman–Crippen MR) is 93.3 cm³/mol. The summed E-state index contributed by atoms with van der Waals surface area (Å²) in [5.74, 6) is -0.201. The highest BCUT2D eigenvalue weighted by molar-refractivity contribution is 5.55. The smallest absolute Gasteiger partial charge is 0.154 e. The summed E-state index contributed by atoms with van der Waals surface area (Å²) in [5.41, 5.74) is 1.68. The van der Waals surface area contributed by atoms with Gasteiger partial charge in [0, 0.05) is 18.2 Å². The van der Waals surface area contributed by atoms with E-state index in [1.165, 1.54) is 18.2 Å². The van der Waals surface area contributed by atoms with E-state index in [9.17, 15) is 8.78 Å². The SMILES string of the molecule is N#CC=Cc1cnc2ccc(N3CCCC3c3cc(F)ccc3F)nn12. The Bertz CT molecular complexity index is 1030. The Morgan fingerprint density at radius 2 is 2.12 bits per heavy atom. The van der Waals surface area contributed by atoms with Crippen LogP contribution < -0.4 is 4.90 Å². The number of aromatic nitrogens is 3. The molecule has 0 amide bonds. The van der Waals surface area contributed by atoms with Crippen molar-refractivity contribution in [2.45, 2.75) is 18.9 Å². The predicted octanol–water partition coefficient (Wildman–Crippen LogP) is 3.89. The summed E-state index contributed by atoms with van der Waals surface area (Å²) in [7, 11) is 0. The minimum Gasteiger partial charge on any atom is -0.348 e. The highest BCUT2D eigenvalue weighted by atomic mass is 19.1. The molecule has 2 aromatic heterocycles. The lowest BCUT2D eigenvalue weighted by Gasteiger charge is -2.26. The van der Waals surface area contributed by atoms with Crippen LogP contribution in [0.15, 0.2) is 42.6 Å². The summed E-state index contributed by atoms with van der Waals surface area (Å²) in [4.78, 5) is 6.24. The van der Waals surface area contributed by atoms with Gasteiger partial charge in [0.2, 0.25) is 0 Å². The van der Waals surface area contributed by atoms with Crippen LogP contribution in [0.2, 0.25) is 0 Å². The van der Waals surface area contributed by atoms with Gasteiger partial charge >= 0.3 is 0 Å². The molecule has 4 rings (SSSR count). The lowest BCUT2D eigenvalue weighted by atomic mass is 10.0. The Hall–Kier alpha value is -3.27. The number of nitriles is 1. The molecular formula is C19H15F2N5. The number of benzene rings is 1. The molecular weight excluding hydrogens is 336 g/mol. The second-order valence-electron chi connectivity index (χ2n) is 6.12. The van der Waals surface area contributed by atoms with Crippen molar-refractivity contribution in [2.75, 3.05) is 11.4 Å². The van der Waals surface area contributed by atoms with Gasteiger partial charge in [0.15, 0.2) is 5.65 Å². The van der Waals surface area contributed by atoms with Crippen molar-refractivity contribution in [1.82, 2.24) is 14.6 Å². The van der Waals surface area contributed by atoms with E-state index in [0.717, 1.165) is 18.9 Å². The first-order valence-electron chi connectivity index (χ1n) is 8.30. The molecule has 1 aliphatic heterocycles. The first kappa shape index (κ1) is 16.2. The normalized spacial score (nSPS) is 17.3. The van der Waals surface area contributed by atoms with E-state index < -0.39 is 11.6 Å². The lowest BCUT2D eigenvalue weighted by molar-refractivity contribution is 0.559. The van der Waals surface area contributed by atoms with E-state index in [1.54, 1.807) is 16.8 Å². The van der Waals surface area contributed by atoms with Crippen molar-refractivity contribution in [3.63, 3.8) is 0 Å². The number of allylic oxidation sites excluding steroid dienone is 1. The summed E-state index contributed by atoms with van der Waals surface area (Å²) >= 11 is 0. The van der Waals surface area contributed by atoms with Gasteiger partial charge in [0.05, 0.1) is 24.0 Å². The fourth-order valence-corrected chi connectivity index (χ4v) is 3.41. The molecule has 5 nitrogen and oxygen atoms in total. The number of rotatable bonds is 3. The average Bonchev–Trinajstić information content (AvgIpc) is 3.28. The van der Waals surface area contributed by atoms with Gasteiger partial charge in [-0.3, -0.25) is 0 Å². The second-order valence-corrected chi connectivity index (χ2v) is 6.12. The van der Waals surface area contributed by atoms with Crippen LogP contribution in [-0.4, -0.2) is 21.1 Å². The van der Waals surface area contributed by atoms with Gasteiger partial charge in [-0.05, 0) is 49.2 Å². The van der Waals surface area contributed by atoms with Gasteiger partial charge < -0.3 is 4.90 Å². The third-order valence-electron chi connectivity index (χ3n) is 4.57. The molecule has 1 aromatic carbocycles. The molecule has 1 unspecified atom stereocenters. The third kappa shape index (κ3) is 2.80. The van der Waals surface area contributed by atoms with Gasteiger partial charge in [0.25, 0.3) is 0 Å². The zero-order valence-electron chi connectivity index (χ0n) is 13.8. The number of hydrogen-bond acceptors (Lipinski definition) is 4. The molecule has 3 heterocycles. The van der Waals surface area contributed by atoms with Crippen molar-refractivity contribution in [2.24, 2.45) is 0 Å². The fourth-order valence-electron chi connectivity index (χ4n) is 3.41. The number of imidazole rings is 1. The molecule has 0 bridgehead atoms. The molecule has 1 fully saturated rings. The van der Waals surface area contributed by atoms with Crippen molar-refractivity contribution in [1.29, 1.82) is 5.26 Å². The molecule has 7 heteroatoms. The number of nitrogens with zero attached hydrogens (tertiary/aromatic N) is 5. The zero-order valence-corrected chi connectivity index (χ0v) is 13.8. The topological polar surface area (TPSA) is 57.2 Å². The van der Waals surface area contributed by atoms with E-state index in [4.69, 9.17) is 5.26 Å². The summed E-state index contributed by atoms with van der Waals surface area (Å²) in [6.07, 6.45) is 6.22. The van der Waals surface area contributed by atoms with Gasteiger partial charge in [-0.15, -0.1) is 5.10 Å². The highest BCUT2D eigenvalue weighted by Crippen LogP contribution is 2.36. The average molecular weight is 351 g/mol. The van der Waals surface area contributed by atoms with Gasteiger partial charge in [-0.25, -0.2) is 18.3 Å². The van der Waals surface area contributed by atoms with E-state index in [0.29, 0.717) is 29.3 Å². The summed E-state index contributed by atoms with van der Waals surface area (Å²) in [6, 6.07) is 8.88. The Kier molecular flexibility index (Phi) is 4.09. The minimum atomic E-state index is -0.449. The Balaban J connectivity index is 1.75. The first-order chi connectivity index (χ1) is 12.7. The van der Waals surface area contributed by atoms with Crippen LogP contribution in [0.4, 0.5) is 14.6 Å². The first-order valence-corrected chi connectivity index (χ1v) is 8.30. The van der Waals surface area contributed by atoms with Crippen molar-refractivity contribution in [3.8, 4) is 6.07 Å². The van der Waals surface area contributed by atoms with Crippen LogP contribution in [0.3, 0.4) is 0 Å². The molecule has 3 aromatic rings. The maximum Gasteiger partial charge on any atom is 0.154 e. The Morgan fingerprint density at radius 3 is 2.96 bits per heavy atom. The largest absolute Gasteiger partial charge is 0.348 e. The fraction of sp³-hybridized carbons (Fsp3) is 0.211. The molecule has 1 saturated heterocycles. The summed E-state index contributed by atoms with van der Waals surface area (Å²) in [5, 5.41) is 13.3. The van der Waals surface area contributed by atoms with Crippen LogP contribution in [0, 0.1) is 23.0 Å². The molecule has 0 spiro atoms. The summed E-state index contributed by atoms with van der Waals surface area (Å²) < 4.78 is 29.5.